The molecule has 1 saturated heterocycles. The van der Waals surface area contributed by atoms with E-state index in [1.165, 1.54) is 40.7 Å². The number of piperidine rings is 1. The molecule has 1 fully saturated rings. The minimum atomic E-state index is 0. The summed E-state index contributed by atoms with van der Waals surface area (Å²) < 4.78 is 31.8. The Balaban J connectivity index is 0.000000155. The Bertz CT molecular complexity index is 3280. The minimum absolute atomic E-state index is 0. The number of nitrogens with zero attached hydrogens (tertiary/aromatic N) is 3. The first-order valence-electron chi connectivity index (χ1n) is 30.1. The summed E-state index contributed by atoms with van der Waals surface area (Å²) in [6.07, 6.45) is 14.0. The van der Waals surface area contributed by atoms with Crippen LogP contribution >= 0.6 is 11.6 Å². The molecule has 12 rings (SSSR count). The number of methoxy groups -OCH3 is 6. The maximum absolute atomic E-state index is 12.9. The smallest absolute Gasteiger partial charge is 0.167 e. The van der Waals surface area contributed by atoms with Gasteiger partial charge in [-0.15, -0.1) is 11.6 Å². The molecule has 6 aromatic carbocycles. The van der Waals surface area contributed by atoms with Gasteiger partial charge < -0.3 is 28.4 Å². The number of ether oxygens (including phenoxy) is 6. The van der Waals surface area contributed by atoms with Crippen molar-refractivity contribution in [2.45, 2.75) is 83.8 Å². The highest BCUT2D eigenvalue weighted by Crippen LogP contribution is 2.41. The third-order valence-corrected chi connectivity index (χ3v) is 17.8. The first kappa shape index (κ1) is 62.3. The minimum Gasteiger partial charge on any atom is -0.493 e. The van der Waals surface area contributed by atoms with E-state index in [9.17, 15) is 14.4 Å². The molecule has 12 nitrogen and oxygen atoms in total. The van der Waals surface area contributed by atoms with Crippen LogP contribution in [0.4, 0.5) is 0 Å². The van der Waals surface area contributed by atoms with Crippen molar-refractivity contribution >= 4 is 29.0 Å². The lowest BCUT2D eigenvalue weighted by Crippen LogP contribution is -2.34. The lowest BCUT2D eigenvalue weighted by atomic mass is 9.85. The number of fused-ring (bicyclic) bond motifs is 3. The lowest BCUT2D eigenvalue weighted by molar-refractivity contribution is 0.0894. The molecule has 3 aliphatic heterocycles. The fourth-order valence-corrected chi connectivity index (χ4v) is 12.9. The van der Waals surface area contributed by atoms with E-state index >= 15 is 0 Å². The van der Waals surface area contributed by atoms with E-state index in [4.69, 9.17) is 40.0 Å². The number of benzene rings is 6. The van der Waals surface area contributed by atoms with Gasteiger partial charge in [-0.1, -0.05) is 114 Å². The molecule has 3 aliphatic carbocycles. The summed E-state index contributed by atoms with van der Waals surface area (Å²) in [5.41, 5.74) is 12.6. The summed E-state index contributed by atoms with van der Waals surface area (Å²) in [5.74, 6) is 6.20. The Labute approximate surface area is 510 Å². The van der Waals surface area contributed by atoms with E-state index in [0.717, 1.165) is 137 Å². The summed E-state index contributed by atoms with van der Waals surface area (Å²) in [4.78, 5) is 44.7. The molecule has 2 unspecified atom stereocenters. The second kappa shape index (κ2) is 30.7. The van der Waals surface area contributed by atoms with Crippen LogP contribution in [-0.2, 0) is 38.9 Å². The number of likely N-dealkylation sites (tertiary alicyclic amines) is 1. The fourth-order valence-electron chi connectivity index (χ4n) is 12.6. The maximum atomic E-state index is 12.9. The largest absolute Gasteiger partial charge is 0.493 e. The zero-order valence-electron chi connectivity index (χ0n) is 50.5. The number of ketones is 3. The highest BCUT2D eigenvalue weighted by atomic mass is 35.5. The van der Waals surface area contributed by atoms with Crippen molar-refractivity contribution in [3.63, 3.8) is 0 Å². The van der Waals surface area contributed by atoms with Gasteiger partial charge >= 0.3 is 0 Å². The molecular formula is C72H86ClN3O9. The van der Waals surface area contributed by atoms with Gasteiger partial charge in [0, 0.05) is 88.1 Å². The van der Waals surface area contributed by atoms with Gasteiger partial charge in [0.1, 0.15) is 0 Å². The van der Waals surface area contributed by atoms with Crippen molar-refractivity contribution in [2.75, 3.05) is 87.8 Å². The zero-order chi connectivity index (χ0) is 59.7. The highest BCUT2D eigenvalue weighted by Gasteiger charge is 2.36. The number of rotatable bonds is 17. The van der Waals surface area contributed by atoms with E-state index in [1.807, 2.05) is 30.3 Å². The number of Topliss-reactive ketones (excluding diaryl/α,β-unsaturated/α-hetero) is 3. The second-order valence-corrected chi connectivity index (χ2v) is 23.3. The average molecular weight is 1170 g/mol. The van der Waals surface area contributed by atoms with Crippen LogP contribution in [0.2, 0.25) is 0 Å². The molecule has 6 aromatic rings. The van der Waals surface area contributed by atoms with Crippen LogP contribution in [0.15, 0.2) is 151 Å². The number of halogens is 1. The van der Waals surface area contributed by atoms with Crippen LogP contribution in [0.25, 0.3) is 0 Å². The number of hydrogen-bond acceptors (Lipinski definition) is 12. The average Bonchev–Trinajstić information content (AvgIpc) is 3.38. The number of aryl methyl sites for hydroxylation is 1. The fraction of sp³-hybridized carbons (Fsp3) is 0.403. The molecule has 85 heavy (non-hydrogen) atoms. The normalized spacial score (nSPS) is 18.4. The number of hydrogen-bond donors (Lipinski definition) is 0. The SMILES string of the molecule is COc1cc2c(cc1OC)C(=O)C(CC1=CCN(Cc3ccccc3)CC1)C2.COc1cc2c(cc1OC)C(=O)C(CC1CCN(Cc3ccccc3)CC1)C2.COc1cc2c(cc1OC)C(=O)CC2.ClCC1=CCN(Cc2ccccc2)CC1.[HH]. The predicted molar refractivity (Wildman–Crippen MR) is 340 cm³/mol. The predicted octanol–water partition coefficient (Wildman–Crippen LogP) is 13.8. The molecular weight excluding hydrogens is 1090 g/mol. The molecule has 2 atom stereocenters. The molecule has 0 amide bonds. The second-order valence-electron chi connectivity index (χ2n) is 23.0. The molecule has 450 valence electrons. The Morgan fingerprint density at radius 3 is 1.28 bits per heavy atom. The number of carbonyl (C=O) groups is 3. The van der Waals surface area contributed by atoms with Crippen molar-refractivity contribution in [3.05, 3.63) is 201 Å². The lowest BCUT2D eigenvalue weighted by Gasteiger charge is -2.32. The van der Waals surface area contributed by atoms with Crippen LogP contribution in [0.3, 0.4) is 0 Å². The van der Waals surface area contributed by atoms with E-state index < -0.39 is 0 Å². The third-order valence-electron chi connectivity index (χ3n) is 17.5. The summed E-state index contributed by atoms with van der Waals surface area (Å²) >= 11 is 5.80. The number of carbonyl (C=O) groups excluding carboxylic acids is 3. The van der Waals surface area contributed by atoms with Gasteiger partial charge in [0.15, 0.2) is 51.8 Å². The molecule has 0 aromatic heterocycles. The topological polar surface area (TPSA) is 116 Å². The Morgan fingerprint density at radius 2 is 0.847 bits per heavy atom. The van der Waals surface area contributed by atoms with Crippen molar-refractivity contribution in [1.82, 2.24) is 14.7 Å². The molecule has 6 aliphatic rings. The molecule has 0 saturated carbocycles. The molecule has 13 heteroatoms. The van der Waals surface area contributed by atoms with E-state index in [0.29, 0.717) is 52.7 Å². The molecule has 0 N–H and O–H groups in total. The van der Waals surface area contributed by atoms with E-state index in [-0.39, 0.29) is 30.6 Å². The quantitative estimate of drug-likeness (QED) is 0.0639. The zero-order valence-corrected chi connectivity index (χ0v) is 51.3. The van der Waals surface area contributed by atoms with Gasteiger partial charge in [-0.25, -0.2) is 0 Å². The first-order valence-corrected chi connectivity index (χ1v) is 30.6. The Hall–Kier alpha value is -7.22. The van der Waals surface area contributed by atoms with E-state index in [1.54, 1.807) is 48.7 Å². The standard InChI is InChI=1S/C24H29NO3.C24H27NO3.C13H16ClN.C11H12O3.H2/c2*1-27-22-14-19-13-20(24(26)21(19)15-23(22)28-2)12-17-8-10-25(11-9-17)16-18-6-4-3-5-7-18;14-10-12-6-8-15(9-7-12)11-13-4-2-1-3-5-13;1-13-10-5-7-3-4-9(12)8(7)6-11(10)14-2;/h3-7,14-15,17,20H,8-13,16H2,1-2H3;3-8,14-15,20H,9-13,16H2,1-2H3;1-6H,7-11H2;5-6H,3-4H2,1-2H3;1H. The van der Waals surface area contributed by atoms with Crippen molar-refractivity contribution in [1.29, 1.82) is 0 Å². The number of alkyl halides is 1. The van der Waals surface area contributed by atoms with Crippen molar-refractivity contribution < 1.29 is 44.2 Å². The van der Waals surface area contributed by atoms with Crippen LogP contribution in [0.5, 0.6) is 34.5 Å². The summed E-state index contributed by atoms with van der Waals surface area (Å²) in [5, 5.41) is 0. The maximum Gasteiger partial charge on any atom is 0.167 e. The van der Waals surface area contributed by atoms with Crippen LogP contribution < -0.4 is 28.4 Å². The van der Waals surface area contributed by atoms with Crippen molar-refractivity contribution in [2.24, 2.45) is 17.8 Å². The summed E-state index contributed by atoms with van der Waals surface area (Å²) in [6, 6.07) is 43.2. The van der Waals surface area contributed by atoms with Crippen LogP contribution in [-0.4, -0.2) is 120 Å². The highest BCUT2D eigenvalue weighted by molar-refractivity contribution is 6.19. The summed E-state index contributed by atoms with van der Waals surface area (Å²) in [6.45, 7) is 9.48. The van der Waals surface area contributed by atoms with Gasteiger partial charge in [-0.05, 0) is 147 Å². The van der Waals surface area contributed by atoms with Crippen molar-refractivity contribution in [3.8, 4) is 34.5 Å². The third kappa shape index (κ3) is 16.4. The molecule has 0 bridgehead atoms. The summed E-state index contributed by atoms with van der Waals surface area (Å²) in [7, 11) is 9.67. The van der Waals surface area contributed by atoms with Gasteiger partial charge in [0.05, 0.1) is 42.7 Å². The molecule has 0 spiro atoms. The first-order chi connectivity index (χ1) is 41.5. The molecule has 0 radical (unpaired) electrons. The van der Waals surface area contributed by atoms with E-state index in [2.05, 4.69) is 118 Å². The van der Waals surface area contributed by atoms with Crippen LogP contribution in [0.1, 0.15) is 111 Å². The van der Waals surface area contributed by atoms with Gasteiger partial charge in [-0.3, -0.25) is 29.1 Å². The van der Waals surface area contributed by atoms with Gasteiger partial charge in [0.2, 0.25) is 0 Å². The van der Waals surface area contributed by atoms with Gasteiger partial charge in [0.25, 0.3) is 0 Å². The Kier molecular flexibility index (Phi) is 22.5. The Morgan fingerprint density at radius 1 is 0.447 bits per heavy atom. The van der Waals surface area contributed by atoms with Gasteiger partial charge in [-0.2, -0.15) is 0 Å². The van der Waals surface area contributed by atoms with Crippen LogP contribution in [0, 0.1) is 17.8 Å². The molecule has 3 heterocycles. The monoisotopic (exact) mass is 1170 g/mol.